The number of nitrogens with zero attached hydrogens (tertiary/aromatic N) is 2. The molecule has 3 rings (SSSR count). The first kappa shape index (κ1) is 26.3. The number of hydrogen-bond donors (Lipinski definition) is 2. The lowest BCUT2D eigenvalue weighted by Crippen LogP contribution is -2.42. The summed E-state index contributed by atoms with van der Waals surface area (Å²) < 4.78 is 6.42. The van der Waals surface area contributed by atoms with Gasteiger partial charge in [-0.3, -0.25) is 19.1 Å². The number of nitrogens with two attached hydrogens (primary N) is 1. The molecule has 3 aromatic rings. The smallest absolute Gasteiger partial charge is 0.330 e. The molecular formula is C26H32N4O4S. The van der Waals surface area contributed by atoms with Crippen LogP contribution in [0.3, 0.4) is 0 Å². The van der Waals surface area contributed by atoms with Crippen LogP contribution in [0.2, 0.25) is 0 Å². The minimum atomic E-state index is -0.676. The van der Waals surface area contributed by atoms with E-state index in [0.29, 0.717) is 18.8 Å². The van der Waals surface area contributed by atoms with Crippen molar-refractivity contribution in [2.75, 3.05) is 36.6 Å². The van der Waals surface area contributed by atoms with Crippen molar-refractivity contribution in [3.8, 4) is 0 Å². The number of carbonyl (C=O) groups is 1. The number of benzene rings is 2. The Balaban J connectivity index is 1.85. The molecule has 0 saturated heterocycles. The van der Waals surface area contributed by atoms with E-state index >= 15 is 0 Å². The molecule has 8 nitrogen and oxygen atoms in total. The van der Waals surface area contributed by atoms with Crippen LogP contribution >= 0.6 is 11.8 Å². The first-order chi connectivity index (χ1) is 16.8. The zero-order valence-corrected chi connectivity index (χ0v) is 21.2. The number of aromatic nitrogens is 2. The molecule has 0 aliphatic rings. The van der Waals surface area contributed by atoms with Crippen LogP contribution in [0.4, 0.5) is 11.5 Å². The highest BCUT2D eigenvalue weighted by Crippen LogP contribution is 2.24. The molecular weight excluding hydrogens is 464 g/mol. The van der Waals surface area contributed by atoms with Crippen LogP contribution < -0.4 is 21.9 Å². The van der Waals surface area contributed by atoms with Crippen molar-refractivity contribution in [3.05, 3.63) is 86.1 Å². The van der Waals surface area contributed by atoms with Gasteiger partial charge in [0.1, 0.15) is 5.82 Å². The van der Waals surface area contributed by atoms with Gasteiger partial charge in [-0.05, 0) is 49.1 Å². The second kappa shape index (κ2) is 12.4. The van der Waals surface area contributed by atoms with E-state index in [0.717, 1.165) is 10.5 Å². The number of nitrogens with one attached hydrogen (secondary N) is 1. The van der Waals surface area contributed by atoms with Gasteiger partial charge in [-0.2, -0.15) is 0 Å². The van der Waals surface area contributed by atoms with Crippen molar-refractivity contribution >= 4 is 29.2 Å². The van der Waals surface area contributed by atoms with Crippen molar-refractivity contribution in [1.82, 2.24) is 9.55 Å². The van der Waals surface area contributed by atoms with Gasteiger partial charge >= 0.3 is 5.69 Å². The summed E-state index contributed by atoms with van der Waals surface area (Å²) in [6.07, 6.45) is 0.727. The standard InChI is InChI=1S/C26H32N4O4S/c1-18-10-11-21(16-19(18)2)35-15-12-22(31)29(13-7-14-34-3)23-24(27)30(26(33)28-25(23)32)17-20-8-5-4-6-9-20/h4-6,8-11,16H,7,12-15,17,27H2,1-3H3,(H,28,32,33). The second-order valence-electron chi connectivity index (χ2n) is 8.30. The third-order valence-electron chi connectivity index (χ3n) is 5.76. The molecule has 186 valence electrons. The Labute approximate surface area is 209 Å². The first-order valence-corrected chi connectivity index (χ1v) is 12.5. The molecule has 35 heavy (non-hydrogen) atoms. The van der Waals surface area contributed by atoms with Crippen LogP contribution in [-0.4, -0.2) is 41.5 Å². The molecule has 2 aromatic carbocycles. The molecule has 0 unspecified atom stereocenters. The summed E-state index contributed by atoms with van der Waals surface area (Å²) in [5, 5.41) is 0. The summed E-state index contributed by atoms with van der Waals surface area (Å²) in [6, 6.07) is 15.5. The summed E-state index contributed by atoms with van der Waals surface area (Å²) in [7, 11) is 1.58. The number of aryl methyl sites for hydroxylation is 2. The van der Waals surface area contributed by atoms with Crippen LogP contribution in [-0.2, 0) is 16.1 Å². The molecule has 0 radical (unpaired) electrons. The molecule has 0 bridgehead atoms. The van der Waals surface area contributed by atoms with Crippen molar-refractivity contribution in [1.29, 1.82) is 0 Å². The van der Waals surface area contributed by atoms with E-state index in [4.69, 9.17) is 10.5 Å². The van der Waals surface area contributed by atoms with Gasteiger partial charge in [0.2, 0.25) is 5.91 Å². The average molecular weight is 497 g/mol. The maximum atomic E-state index is 13.3. The molecule has 1 heterocycles. The zero-order chi connectivity index (χ0) is 25.4. The number of anilines is 2. The van der Waals surface area contributed by atoms with Gasteiger partial charge in [-0.15, -0.1) is 11.8 Å². The normalized spacial score (nSPS) is 10.9. The van der Waals surface area contributed by atoms with E-state index in [-0.39, 0.29) is 36.9 Å². The fraction of sp³-hybridized carbons (Fsp3) is 0.346. The second-order valence-corrected chi connectivity index (χ2v) is 9.47. The lowest BCUT2D eigenvalue weighted by molar-refractivity contribution is -0.118. The third-order valence-corrected chi connectivity index (χ3v) is 6.76. The SMILES string of the molecule is COCCCN(C(=O)CCSc1ccc(C)c(C)c1)c1c(N)n(Cc2ccccc2)c(=O)[nH]c1=O. The molecule has 0 aliphatic carbocycles. The lowest BCUT2D eigenvalue weighted by atomic mass is 10.1. The predicted octanol–water partition coefficient (Wildman–Crippen LogP) is 3.34. The van der Waals surface area contributed by atoms with E-state index in [1.165, 1.54) is 20.6 Å². The molecule has 0 atom stereocenters. The number of ether oxygens (including phenoxy) is 1. The van der Waals surface area contributed by atoms with Crippen molar-refractivity contribution in [3.63, 3.8) is 0 Å². The number of carbonyl (C=O) groups excluding carboxylic acids is 1. The highest BCUT2D eigenvalue weighted by Gasteiger charge is 2.24. The van der Waals surface area contributed by atoms with Gasteiger partial charge in [0.15, 0.2) is 5.69 Å². The molecule has 0 spiro atoms. The molecule has 1 aromatic heterocycles. The molecule has 3 N–H and O–H groups in total. The number of thioether (sulfide) groups is 1. The molecule has 1 amide bonds. The molecule has 0 saturated carbocycles. The summed E-state index contributed by atoms with van der Waals surface area (Å²) >= 11 is 1.58. The predicted molar refractivity (Wildman–Crippen MR) is 141 cm³/mol. The quantitative estimate of drug-likeness (QED) is 0.311. The Bertz CT molecular complexity index is 1270. The Hall–Kier alpha value is -3.30. The number of methoxy groups -OCH3 is 1. The fourth-order valence-electron chi connectivity index (χ4n) is 3.68. The van der Waals surface area contributed by atoms with E-state index in [1.807, 2.05) is 36.4 Å². The number of nitrogen functional groups attached to an aromatic ring is 1. The Kier molecular flexibility index (Phi) is 9.33. The van der Waals surface area contributed by atoms with Crippen molar-refractivity contribution < 1.29 is 9.53 Å². The zero-order valence-electron chi connectivity index (χ0n) is 20.4. The highest BCUT2D eigenvalue weighted by atomic mass is 32.2. The molecule has 0 aliphatic heterocycles. The van der Waals surface area contributed by atoms with Crippen LogP contribution in [0.1, 0.15) is 29.5 Å². The summed E-state index contributed by atoms with van der Waals surface area (Å²) in [6.45, 7) is 4.96. The van der Waals surface area contributed by atoms with Crippen LogP contribution in [0.5, 0.6) is 0 Å². The third kappa shape index (κ3) is 6.86. The topological polar surface area (TPSA) is 110 Å². The average Bonchev–Trinajstić information content (AvgIpc) is 2.83. The molecule has 9 heteroatoms. The van der Waals surface area contributed by atoms with Gasteiger partial charge in [0.05, 0.1) is 6.54 Å². The van der Waals surface area contributed by atoms with Crippen LogP contribution in [0.25, 0.3) is 0 Å². The number of amides is 1. The van der Waals surface area contributed by atoms with Gasteiger partial charge in [0.25, 0.3) is 5.56 Å². The van der Waals surface area contributed by atoms with Crippen molar-refractivity contribution in [2.45, 2.75) is 38.1 Å². The van der Waals surface area contributed by atoms with Gasteiger partial charge in [-0.1, -0.05) is 36.4 Å². The Morgan fingerprint density at radius 2 is 1.86 bits per heavy atom. The number of hydrogen-bond acceptors (Lipinski definition) is 6. The van der Waals surface area contributed by atoms with Gasteiger partial charge < -0.3 is 15.4 Å². The highest BCUT2D eigenvalue weighted by molar-refractivity contribution is 7.99. The largest absolute Gasteiger partial charge is 0.385 e. The van der Waals surface area contributed by atoms with E-state index in [1.54, 1.807) is 18.9 Å². The number of aromatic amines is 1. The van der Waals surface area contributed by atoms with Gasteiger partial charge in [0, 0.05) is 37.3 Å². The Morgan fingerprint density at radius 3 is 2.54 bits per heavy atom. The minimum Gasteiger partial charge on any atom is -0.385 e. The first-order valence-electron chi connectivity index (χ1n) is 11.5. The van der Waals surface area contributed by atoms with Gasteiger partial charge in [-0.25, -0.2) is 4.79 Å². The summed E-state index contributed by atoms with van der Waals surface area (Å²) in [5.74, 6) is 0.276. The fourth-order valence-corrected chi connectivity index (χ4v) is 4.62. The van der Waals surface area contributed by atoms with Crippen molar-refractivity contribution in [2.24, 2.45) is 0 Å². The number of rotatable bonds is 11. The lowest BCUT2D eigenvalue weighted by Gasteiger charge is -2.24. The van der Waals surface area contributed by atoms with Crippen LogP contribution in [0.15, 0.2) is 63.0 Å². The summed E-state index contributed by atoms with van der Waals surface area (Å²) in [5.41, 5.74) is 8.31. The number of H-pyrrole nitrogens is 1. The van der Waals surface area contributed by atoms with E-state index in [9.17, 15) is 14.4 Å². The monoisotopic (exact) mass is 496 g/mol. The van der Waals surface area contributed by atoms with Crippen LogP contribution in [0, 0.1) is 13.8 Å². The van der Waals surface area contributed by atoms with E-state index < -0.39 is 11.2 Å². The minimum absolute atomic E-state index is 0.00202. The maximum absolute atomic E-state index is 13.3. The Morgan fingerprint density at radius 1 is 1.11 bits per heavy atom. The molecule has 0 fully saturated rings. The maximum Gasteiger partial charge on any atom is 0.330 e. The summed E-state index contributed by atoms with van der Waals surface area (Å²) in [4.78, 5) is 43.5. The van der Waals surface area contributed by atoms with E-state index in [2.05, 4.69) is 31.0 Å².